The van der Waals surface area contributed by atoms with Crippen molar-refractivity contribution >= 4 is 35.2 Å². The van der Waals surface area contributed by atoms with Crippen LogP contribution in [-0.2, 0) is 14.4 Å². The van der Waals surface area contributed by atoms with Crippen molar-refractivity contribution in [3.05, 3.63) is 30.3 Å². The highest BCUT2D eigenvalue weighted by Crippen LogP contribution is 2.59. The fourth-order valence-corrected chi connectivity index (χ4v) is 7.57. The summed E-state index contributed by atoms with van der Waals surface area (Å²) < 4.78 is 0. The van der Waals surface area contributed by atoms with Crippen LogP contribution in [0.15, 0.2) is 30.3 Å². The number of anilines is 1. The number of rotatable bonds is 6. The molecule has 0 radical (unpaired) electrons. The maximum absolute atomic E-state index is 12.7. The van der Waals surface area contributed by atoms with Crippen LogP contribution in [-0.4, -0.2) is 35.3 Å². The van der Waals surface area contributed by atoms with Gasteiger partial charge in [-0.15, -0.1) is 11.8 Å². The zero-order valence-electron chi connectivity index (χ0n) is 16.6. The van der Waals surface area contributed by atoms with Crippen LogP contribution in [0, 0.1) is 23.2 Å². The molecule has 1 atom stereocenters. The van der Waals surface area contributed by atoms with Crippen LogP contribution < -0.4 is 10.2 Å². The molecule has 1 saturated heterocycles. The zero-order chi connectivity index (χ0) is 20.0. The summed E-state index contributed by atoms with van der Waals surface area (Å²) >= 11 is 1.30. The summed E-state index contributed by atoms with van der Waals surface area (Å²) in [6.07, 6.45) is 8.19. The molecule has 4 saturated carbocycles. The van der Waals surface area contributed by atoms with Crippen molar-refractivity contribution in [3.63, 3.8) is 0 Å². The van der Waals surface area contributed by atoms with Gasteiger partial charge in [0.25, 0.3) is 0 Å². The number of para-hydroxylation sites is 1. The van der Waals surface area contributed by atoms with Crippen molar-refractivity contribution in [2.45, 2.75) is 50.2 Å². The fourth-order valence-electron chi connectivity index (χ4n) is 6.60. The Morgan fingerprint density at radius 1 is 1.03 bits per heavy atom. The third-order valence-electron chi connectivity index (χ3n) is 7.36. The highest BCUT2D eigenvalue weighted by molar-refractivity contribution is 8.01. The highest BCUT2D eigenvalue weighted by Gasteiger charge is 2.50. The van der Waals surface area contributed by atoms with Gasteiger partial charge in [0.05, 0.1) is 16.7 Å². The Morgan fingerprint density at radius 3 is 2.28 bits per heavy atom. The monoisotopic (exact) mass is 412 g/mol. The maximum atomic E-state index is 12.7. The van der Waals surface area contributed by atoms with E-state index in [-0.39, 0.29) is 29.9 Å². The number of thioether (sulfide) groups is 1. The lowest BCUT2D eigenvalue weighted by Crippen LogP contribution is -2.51. The minimum Gasteiger partial charge on any atom is -0.355 e. The number of benzene rings is 1. The van der Waals surface area contributed by atoms with Gasteiger partial charge >= 0.3 is 0 Å². The average Bonchev–Trinajstić information content (AvgIpc) is 2.98. The molecule has 1 heterocycles. The number of nitrogens with one attached hydrogen (secondary N) is 1. The van der Waals surface area contributed by atoms with Crippen LogP contribution in [0.3, 0.4) is 0 Å². The van der Waals surface area contributed by atoms with Crippen molar-refractivity contribution in [1.82, 2.24) is 5.32 Å². The fraction of sp³-hybridized carbons (Fsp3) is 0.609. The lowest BCUT2D eigenvalue weighted by Gasteiger charge is -2.56. The first-order chi connectivity index (χ1) is 14.0. The van der Waals surface area contributed by atoms with Gasteiger partial charge in [-0.05, 0) is 73.8 Å². The number of nitrogens with zero attached hydrogens (tertiary/aromatic N) is 1. The first-order valence-electron chi connectivity index (χ1n) is 10.8. The van der Waals surface area contributed by atoms with E-state index in [4.69, 9.17) is 0 Å². The van der Waals surface area contributed by atoms with Crippen molar-refractivity contribution < 1.29 is 14.4 Å². The van der Waals surface area contributed by atoms with Crippen molar-refractivity contribution in [3.8, 4) is 0 Å². The second-order valence-electron chi connectivity index (χ2n) is 9.60. The first kappa shape index (κ1) is 19.2. The predicted octanol–water partition coefficient (Wildman–Crippen LogP) is 3.38. The molecule has 154 valence electrons. The summed E-state index contributed by atoms with van der Waals surface area (Å²) in [4.78, 5) is 38.7. The van der Waals surface area contributed by atoms with Gasteiger partial charge in [0.2, 0.25) is 17.7 Å². The van der Waals surface area contributed by atoms with Crippen LogP contribution in [0.2, 0.25) is 0 Å². The summed E-state index contributed by atoms with van der Waals surface area (Å²) in [5, 5.41) is 2.70. The van der Waals surface area contributed by atoms with Crippen LogP contribution in [0.4, 0.5) is 5.69 Å². The molecule has 5 nitrogen and oxygen atoms in total. The molecule has 0 aromatic heterocycles. The largest absolute Gasteiger partial charge is 0.355 e. The van der Waals surface area contributed by atoms with Gasteiger partial charge < -0.3 is 5.32 Å². The summed E-state index contributed by atoms with van der Waals surface area (Å²) in [7, 11) is 0. The highest BCUT2D eigenvalue weighted by atomic mass is 32.2. The van der Waals surface area contributed by atoms with E-state index in [9.17, 15) is 14.4 Å². The Morgan fingerprint density at radius 2 is 1.66 bits per heavy atom. The Hall–Kier alpha value is -1.82. The van der Waals surface area contributed by atoms with Gasteiger partial charge in [-0.2, -0.15) is 0 Å². The molecule has 29 heavy (non-hydrogen) atoms. The van der Waals surface area contributed by atoms with E-state index in [0.29, 0.717) is 11.1 Å². The van der Waals surface area contributed by atoms with E-state index in [1.807, 2.05) is 18.2 Å². The van der Waals surface area contributed by atoms with Gasteiger partial charge in [-0.1, -0.05) is 18.2 Å². The summed E-state index contributed by atoms with van der Waals surface area (Å²) in [6, 6.07) is 9.01. The smallest absolute Gasteiger partial charge is 0.247 e. The molecule has 0 unspecified atom stereocenters. The molecule has 1 aromatic carbocycles. The van der Waals surface area contributed by atoms with Gasteiger partial charge in [0.15, 0.2) is 0 Å². The van der Waals surface area contributed by atoms with Gasteiger partial charge in [0, 0.05) is 13.0 Å². The van der Waals surface area contributed by atoms with E-state index in [1.54, 1.807) is 12.1 Å². The topological polar surface area (TPSA) is 66.5 Å². The number of imide groups is 1. The average molecular weight is 413 g/mol. The molecule has 5 fully saturated rings. The molecule has 5 aliphatic rings. The molecule has 1 aromatic rings. The quantitative estimate of drug-likeness (QED) is 0.728. The Labute approximate surface area is 176 Å². The second kappa shape index (κ2) is 7.46. The minimum absolute atomic E-state index is 0.0100. The maximum Gasteiger partial charge on any atom is 0.247 e. The predicted molar refractivity (Wildman–Crippen MR) is 113 cm³/mol. The molecule has 3 amide bonds. The van der Waals surface area contributed by atoms with Crippen LogP contribution in [0.1, 0.15) is 44.9 Å². The molecule has 1 N–H and O–H groups in total. The van der Waals surface area contributed by atoms with E-state index in [0.717, 1.165) is 24.3 Å². The molecule has 4 aliphatic carbocycles. The normalized spacial score (nSPS) is 35.4. The van der Waals surface area contributed by atoms with Crippen molar-refractivity contribution in [2.75, 3.05) is 17.2 Å². The molecule has 6 heteroatoms. The van der Waals surface area contributed by atoms with E-state index in [1.165, 1.54) is 55.2 Å². The number of carbonyl (C=O) groups excluding carboxylic acids is 3. The van der Waals surface area contributed by atoms with Crippen LogP contribution in [0.5, 0.6) is 0 Å². The summed E-state index contributed by atoms with van der Waals surface area (Å²) in [5.74, 6) is 2.45. The Balaban J connectivity index is 1.13. The third-order valence-corrected chi connectivity index (χ3v) is 8.56. The van der Waals surface area contributed by atoms with Crippen LogP contribution >= 0.6 is 11.8 Å². The molecular formula is C23H28N2O3S. The standard InChI is InChI=1S/C23H28N2O3S/c26-20(24-14-23-10-15-6-16(11-23)8-17(7-15)12-23)13-29-19-9-21(27)25(22(19)28)18-4-2-1-3-5-18/h1-5,15-17,19H,6-14H2,(H,24,26)/t15?,16?,17?,19-,23?/m1/s1. The molecule has 0 spiro atoms. The Bertz CT molecular complexity index is 789. The van der Waals surface area contributed by atoms with Crippen molar-refractivity contribution in [1.29, 1.82) is 0 Å². The van der Waals surface area contributed by atoms with Crippen molar-refractivity contribution in [2.24, 2.45) is 23.2 Å². The first-order valence-corrected chi connectivity index (χ1v) is 11.9. The van der Waals surface area contributed by atoms with E-state index in [2.05, 4.69) is 5.32 Å². The minimum atomic E-state index is -0.465. The molecule has 1 aliphatic heterocycles. The summed E-state index contributed by atoms with van der Waals surface area (Å²) in [5.41, 5.74) is 0.926. The lowest BCUT2D eigenvalue weighted by molar-refractivity contribution is -0.121. The lowest BCUT2D eigenvalue weighted by atomic mass is 9.49. The number of carbonyl (C=O) groups is 3. The second-order valence-corrected chi connectivity index (χ2v) is 10.8. The molecule has 4 bridgehead atoms. The molecular weight excluding hydrogens is 384 g/mol. The number of hydrogen-bond acceptors (Lipinski definition) is 4. The van der Waals surface area contributed by atoms with Crippen LogP contribution in [0.25, 0.3) is 0 Å². The number of hydrogen-bond donors (Lipinski definition) is 1. The molecule has 6 rings (SSSR count). The van der Waals surface area contributed by atoms with Gasteiger partial charge in [-0.25, -0.2) is 4.90 Å². The Kier molecular flexibility index (Phi) is 4.93. The number of amides is 3. The third kappa shape index (κ3) is 3.72. The SMILES string of the molecule is O=C(CS[C@@H]1CC(=O)N(c2ccccc2)C1=O)NCC12CC3CC(CC(C3)C1)C2. The zero-order valence-corrected chi connectivity index (χ0v) is 17.5. The van der Waals surface area contributed by atoms with E-state index < -0.39 is 5.25 Å². The summed E-state index contributed by atoms with van der Waals surface area (Å²) in [6.45, 7) is 0.781. The van der Waals surface area contributed by atoms with Gasteiger partial charge in [-0.3, -0.25) is 14.4 Å². The van der Waals surface area contributed by atoms with E-state index >= 15 is 0 Å². The van der Waals surface area contributed by atoms with Gasteiger partial charge in [0.1, 0.15) is 0 Å².